The van der Waals surface area contributed by atoms with E-state index in [0.717, 1.165) is 5.69 Å². The van der Waals surface area contributed by atoms with Gasteiger partial charge in [-0.25, -0.2) is 0 Å². The summed E-state index contributed by atoms with van der Waals surface area (Å²) in [6.45, 7) is 3.09. The van der Waals surface area contributed by atoms with Gasteiger partial charge in [-0.3, -0.25) is 4.68 Å². The molecular formula is C12H20F3N3O. The molecule has 0 aliphatic rings. The first kappa shape index (κ1) is 15.8. The largest absolute Gasteiger partial charge is 0.389 e. The zero-order valence-corrected chi connectivity index (χ0v) is 11.2. The van der Waals surface area contributed by atoms with Crippen LogP contribution in [-0.4, -0.2) is 35.7 Å². The van der Waals surface area contributed by atoms with E-state index >= 15 is 0 Å². The van der Waals surface area contributed by atoms with Gasteiger partial charge in [-0.2, -0.15) is 18.3 Å². The minimum Gasteiger partial charge on any atom is -0.383 e. The molecule has 110 valence electrons. The van der Waals surface area contributed by atoms with Crippen LogP contribution >= 0.6 is 0 Å². The average Bonchev–Trinajstić information content (AvgIpc) is 2.72. The van der Waals surface area contributed by atoms with Crippen molar-refractivity contribution in [2.24, 2.45) is 0 Å². The normalized spacial score (nSPS) is 13.5. The smallest absolute Gasteiger partial charge is 0.383 e. The molecule has 7 heteroatoms. The molecule has 0 bridgehead atoms. The minimum atomic E-state index is -4.06. The highest BCUT2D eigenvalue weighted by Crippen LogP contribution is 2.23. The summed E-state index contributed by atoms with van der Waals surface area (Å²) in [6, 6.07) is -0.0116. The molecule has 1 rings (SSSR count). The summed E-state index contributed by atoms with van der Waals surface area (Å²) >= 11 is 0. The molecule has 1 aromatic rings. The Hall–Kier alpha value is -1.24. The number of methoxy groups -OCH3 is 1. The molecule has 0 saturated carbocycles. The van der Waals surface area contributed by atoms with Crippen LogP contribution in [0.4, 0.5) is 18.9 Å². The summed E-state index contributed by atoms with van der Waals surface area (Å²) < 4.78 is 42.7. The molecule has 0 fully saturated rings. The van der Waals surface area contributed by atoms with Gasteiger partial charge in [0.2, 0.25) is 0 Å². The van der Waals surface area contributed by atoms with E-state index in [1.807, 2.05) is 13.1 Å². The number of rotatable bonds is 8. The van der Waals surface area contributed by atoms with Crippen molar-refractivity contribution in [2.45, 2.75) is 44.9 Å². The summed E-state index contributed by atoms with van der Waals surface area (Å²) in [5.41, 5.74) is 0.815. The van der Waals surface area contributed by atoms with Crippen molar-refractivity contribution in [1.82, 2.24) is 9.78 Å². The van der Waals surface area contributed by atoms with Gasteiger partial charge in [-0.1, -0.05) is 0 Å². The highest BCUT2D eigenvalue weighted by Gasteiger charge is 2.26. The standard InChI is InChI=1S/C12H20F3N3O/c1-10(4-3-5-12(13,14)15)17-11-8-16-18(9-11)6-7-19-2/h8-10,17H,3-7H2,1-2H3. The molecule has 0 spiro atoms. The number of anilines is 1. The van der Waals surface area contributed by atoms with Crippen molar-refractivity contribution in [1.29, 1.82) is 0 Å². The van der Waals surface area contributed by atoms with E-state index in [4.69, 9.17) is 4.74 Å². The Kier molecular flexibility index (Phi) is 6.14. The van der Waals surface area contributed by atoms with Crippen LogP contribution in [-0.2, 0) is 11.3 Å². The zero-order valence-electron chi connectivity index (χ0n) is 11.2. The maximum Gasteiger partial charge on any atom is 0.389 e. The van der Waals surface area contributed by atoms with Gasteiger partial charge in [0.1, 0.15) is 0 Å². The molecule has 1 aromatic heterocycles. The number of hydrogen-bond acceptors (Lipinski definition) is 3. The van der Waals surface area contributed by atoms with Crippen molar-refractivity contribution >= 4 is 5.69 Å². The van der Waals surface area contributed by atoms with E-state index in [1.165, 1.54) is 0 Å². The summed E-state index contributed by atoms with van der Waals surface area (Å²) in [5.74, 6) is 0. The van der Waals surface area contributed by atoms with E-state index in [9.17, 15) is 13.2 Å². The fraction of sp³-hybridized carbons (Fsp3) is 0.750. The number of hydrogen-bond donors (Lipinski definition) is 1. The third kappa shape index (κ3) is 7.05. The number of ether oxygens (including phenoxy) is 1. The van der Waals surface area contributed by atoms with Crippen molar-refractivity contribution in [3.8, 4) is 0 Å². The van der Waals surface area contributed by atoms with Crippen LogP contribution in [0.2, 0.25) is 0 Å². The molecule has 1 atom stereocenters. The van der Waals surface area contributed by atoms with Gasteiger partial charge in [-0.15, -0.1) is 0 Å². The van der Waals surface area contributed by atoms with Crippen LogP contribution in [0.5, 0.6) is 0 Å². The molecular weight excluding hydrogens is 259 g/mol. The van der Waals surface area contributed by atoms with Gasteiger partial charge in [0, 0.05) is 25.8 Å². The number of nitrogens with zero attached hydrogens (tertiary/aromatic N) is 2. The molecule has 0 aliphatic heterocycles. The predicted molar refractivity (Wildman–Crippen MR) is 67.1 cm³/mol. The quantitative estimate of drug-likeness (QED) is 0.795. The molecule has 1 heterocycles. The fourth-order valence-electron chi connectivity index (χ4n) is 1.71. The molecule has 1 N–H and O–H groups in total. The Bertz CT molecular complexity index is 365. The van der Waals surface area contributed by atoms with Crippen molar-refractivity contribution < 1.29 is 17.9 Å². The topological polar surface area (TPSA) is 39.1 Å². The van der Waals surface area contributed by atoms with E-state index in [2.05, 4.69) is 10.4 Å². The third-order valence-corrected chi connectivity index (χ3v) is 2.67. The lowest BCUT2D eigenvalue weighted by Crippen LogP contribution is -2.16. The van der Waals surface area contributed by atoms with Gasteiger partial charge in [0.25, 0.3) is 0 Å². The van der Waals surface area contributed by atoms with Crippen molar-refractivity contribution in [3.63, 3.8) is 0 Å². The lowest BCUT2D eigenvalue weighted by Gasteiger charge is -2.14. The number of nitrogens with one attached hydrogen (secondary N) is 1. The second kappa shape index (κ2) is 7.37. The van der Waals surface area contributed by atoms with Crippen molar-refractivity contribution in [2.75, 3.05) is 19.0 Å². The van der Waals surface area contributed by atoms with Gasteiger partial charge in [0.05, 0.1) is 25.0 Å². The predicted octanol–water partition coefficient (Wildman–Crippen LogP) is 3.06. The Morgan fingerprint density at radius 3 is 2.84 bits per heavy atom. The van der Waals surface area contributed by atoms with Crippen LogP contribution in [0.3, 0.4) is 0 Å². The molecule has 19 heavy (non-hydrogen) atoms. The molecule has 4 nitrogen and oxygen atoms in total. The lowest BCUT2D eigenvalue weighted by atomic mass is 10.1. The highest BCUT2D eigenvalue weighted by atomic mass is 19.4. The van der Waals surface area contributed by atoms with E-state index in [0.29, 0.717) is 19.6 Å². The van der Waals surface area contributed by atoms with Gasteiger partial charge >= 0.3 is 6.18 Å². The first-order chi connectivity index (χ1) is 8.90. The number of halogens is 3. The van der Waals surface area contributed by atoms with Crippen LogP contribution < -0.4 is 5.32 Å². The molecule has 0 aliphatic carbocycles. The second-order valence-electron chi connectivity index (χ2n) is 4.54. The Morgan fingerprint density at radius 2 is 2.21 bits per heavy atom. The third-order valence-electron chi connectivity index (χ3n) is 2.67. The summed E-state index contributed by atoms with van der Waals surface area (Å²) in [4.78, 5) is 0. The highest BCUT2D eigenvalue weighted by molar-refractivity contribution is 5.38. The SMILES string of the molecule is COCCn1cc(NC(C)CCCC(F)(F)F)cn1. The van der Waals surface area contributed by atoms with Gasteiger partial charge in [0.15, 0.2) is 0 Å². The Balaban J connectivity index is 2.27. The summed E-state index contributed by atoms with van der Waals surface area (Å²) in [5, 5.41) is 7.25. The molecule has 1 unspecified atom stereocenters. The minimum absolute atomic E-state index is 0.0116. The lowest BCUT2D eigenvalue weighted by molar-refractivity contribution is -0.135. The van der Waals surface area contributed by atoms with Crippen LogP contribution in [0.25, 0.3) is 0 Å². The van der Waals surface area contributed by atoms with E-state index in [1.54, 1.807) is 18.0 Å². The van der Waals surface area contributed by atoms with Crippen LogP contribution in [0.1, 0.15) is 26.2 Å². The van der Waals surface area contributed by atoms with E-state index < -0.39 is 12.6 Å². The van der Waals surface area contributed by atoms with E-state index in [-0.39, 0.29) is 12.5 Å². The van der Waals surface area contributed by atoms with Gasteiger partial charge < -0.3 is 10.1 Å². The summed E-state index contributed by atoms with van der Waals surface area (Å²) in [7, 11) is 1.62. The number of aromatic nitrogens is 2. The fourth-order valence-corrected chi connectivity index (χ4v) is 1.71. The number of alkyl halides is 3. The molecule has 0 saturated heterocycles. The van der Waals surface area contributed by atoms with Crippen LogP contribution in [0, 0.1) is 0 Å². The van der Waals surface area contributed by atoms with Gasteiger partial charge in [-0.05, 0) is 19.8 Å². The zero-order chi connectivity index (χ0) is 14.3. The molecule has 0 radical (unpaired) electrons. The summed E-state index contributed by atoms with van der Waals surface area (Å²) in [6.07, 6.45) is -0.704. The molecule has 0 aromatic carbocycles. The second-order valence-corrected chi connectivity index (χ2v) is 4.54. The maximum atomic E-state index is 12.0. The van der Waals surface area contributed by atoms with Crippen LogP contribution in [0.15, 0.2) is 12.4 Å². The average molecular weight is 279 g/mol. The monoisotopic (exact) mass is 279 g/mol. The Morgan fingerprint density at radius 1 is 1.47 bits per heavy atom. The first-order valence-electron chi connectivity index (χ1n) is 6.25. The molecule has 0 amide bonds. The maximum absolute atomic E-state index is 12.0. The van der Waals surface area contributed by atoms with Crippen molar-refractivity contribution in [3.05, 3.63) is 12.4 Å². The first-order valence-corrected chi connectivity index (χ1v) is 6.25. The Labute approximate surface area is 110 Å².